The Morgan fingerprint density at radius 2 is 1.56 bits per heavy atom. The number of nitrogens with zero attached hydrogens (tertiary/aromatic N) is 5. The fraction of sp³-hybridized carbons (Fsp3) is 0.389. The zero-order chi connectivity index (χ0) is 39.4. The first-order chi connectivity index (χ1) is 25.7. The monoisotopic (exact) mass is 744 g/mol. The third-order valence-electron chi connectivity index (χ3n) is 7.68. The van der Waals surface area contributed by atoms with Gasteiger partial charge < -0.3 is 40.2 Å². The molecule has 6 N–H and O–H groups in total. The number of anilines is 3. The zero-order valence-electron chi connectivity index (χ0n) is 30.8. The normalized spacial score (nSPS) is 11.6. The second kappa shape index (κ2) is 19.3. The number of hydrogen-bond acceptors (Lipinski definition) is 15. The average Bonchev–Trinajstić information content (AvgIpc) is 3.14. The lowest BCUT2D eigenvalue weighted by atomic mass is 9.80. The van der Waals surface area contributed by atoms with Crippen LogP contribution in [-0.4, -0.2) is 87.3 Å². The molecule has 17 nitrogen and oxygen atoms in total. The maximum atomic E-state index is 13.2. The summed E-state index contributed by atoms with van der Waals surface area (Å²) in [5.41, 5.74) is 8.60. The molecule has 286 valence electrons. The third kappa shape index (κ3) is 12.4. The summed E-state index contributed by atoms with van der Waals surface area (Å²) in [5, 5.41) is 23.7. The Morgan fingerprint density at radius 3 is 2.20 bits per heavy atom. The van der Waals surface area contributed by atoms with Gasteiger partial charge in [0.15, 0.2) is 17.0 Å². The van der Waals surface area contributed by atoms with E-state index in [2.05, 4.69) is 30.6 Å². The number of carbonyl (C=O) groups excluding carboxylic acids is 4. The van der Waals surface area contributed by atoms with Crippen molar-refractivity contribution in [2.24, 2.45) is 11.8 Å². The van der Waals surface area contributed by atoms with Gasteiger partial charge in [0.2, 0.25) is 5.95 Å². The number of amides is 2. The van der Waals surface area contributed by atoms with E-state index in [0.29, 0.717) is 22.3 Å². The molecule has 4 rings (SSSR count). The van der Waals surface area contributed by atoms with Gasteiger partial charge in [-0.25, -0.2) is 19.6 Å². The molecule has 18 heteroatoms. The molecule has 2 amide bonds. The van der Waals surface area contributed by atoms with E-state index in [1.807, 2.05) is 39.6 Å². The summed E-state index contributed by atoms with van der Waals surface area (Å²) in [5.74, 6) is -1.49. The topological polar surface area (TPSA) is 241 Å². The lowest BCUT2D eigenvalue weighted by Gasteiger charge is -2.20. The molecule has 4 aromatic rings. The molecule has 0 radical (unpaired) electrons. The molecule has 0 aliphatic heterocycles. The van der Waals surface area contributed by atoms with E-state index >= 15 is 0 Å². The summed E-state index contributed by atoms with van der Waals surface area (Å²) in [4.78, 5) is 69.9. The first-order valence-electron chi connectivity index (χ1n) is 17.3. The highest BCUT2D eigenvalue weighted by Crippen LogP contribution is 2.21. The molecule has 0 fully saturated rings. The molecular formula is C36H45BN8O9. The van der Waals surface area contributed by atoms with E-state index in [1.165, 1.54) is 18.3 Å². The van der Waals surface area contributed by atoms with Gasteiger partial charge in [-0.1, -0.05) is 52.0 Å². The maximum absolute atomic E-state index is 13.2. The van der Waals surface area contributed by atoms with Crippen molar-refractivity contribution in [1.82, 2.24) is 25.3 Å². The number of rotatable bonds is 17. The molecule has 0 saturated carbocycles. The Bertz CT molecular complexity index is 1910. The van der Waals surface area contributed by atoms with Crippen molar-refractivity contribution >= 4 is 65.1 Å². The highest BCUT2D eigenvalue weighted by molar-refractivity contribution is 6.58. The molecule has 0 aliphatic rings. The quantitative estimate of drug-likeness (QED) is 0.0592. The van der Waals surface area contributed by atoms with Crippen molar-refractivity contribution in [2.45, 2.75) is 59.7 Å². The summed E-state index contributed by atoms with van der Waals surface area (Å²) in [6.45, 7) is 8.22. The minimum absolute atomic E-state index is 0.00698. The van der Waals surface area contributed by atoms with Crippen molar-refractivity contribution in [3.05, 3.63) is 71.5 Å². The van der Waals surface area contributed by atoms with Crippen molar-refractivity contribution in [3.8, 4) is 0 Å². The van der Waals surface area contributed by atoms with Gasteiger partial charge in [-0.2, -0.15) is 9.97 Å². The van der Waals surface area contributed by atoms with E-state index in [4.69, 9.17) is 19.9 Å². The van der Waals surface area contributed by atoms with Crippen LogP contribution < -0.4 is 26.7 Å². The maximum Gasteiger partial charge on any atom is 0.488 e. The number of aromatic nitrogens is 4. The van der Waals surface area contributed by atoms with Crippen LogP contribution in [0, 0.1) is 11.8 Å². The number of ether oxygens (including phenoxy) is 3. The first kappa shape index (κ1) is 40.9. The second-order valence-corrected chi connectivity index (χ2v) is 13.3. The minimum Gasteiger partial charge on any atom is -0.465 e. The van der Waals surface area contributed by atoms with Crippen molar-refractivity contribution in [3.63, 3.8) is 0 Å². The lowest BCUT2D eigenvalue weighted by molar-refractivity contribution is -0.148. The zero-order valence-corrected chi connectivity index (χ0v) is 30.8. The molecule has 0 unspecified atom stereocenters. The van der Waals surface area contributed by atoms with Crippen LogP contribution in [0.3, 0.4) is 0 Å². The molecule has 2 aromatic carbocycles. The fourth-order valence-corrected chi connectivity index (χ4v) is 4.83. The highest BCUT2D eigenvalue weighted by Gasteiger charge is 2.25. The van der Waals surface area contributed by atoms with Gasteiger partial charge in [0.1, 0.15) is 12.6 Å². The predicted molar refractivity (Wildman–Crippen MR) is 200 cm³/mol. The van der Waals surface area contributed by atoms with E-state index in [9.17, 15) is 29.2 Å². The molecule has 54 heavy (non-hydrogen) atoms. The Labute approximate surface area is 312 Å². The van der Waals surface area contributed by atoms with E-state index in [-0.39, 0.29) is 74.0 Å². The van der Waals surface area contributed by atoms with Crippen LogP contribution in [0.15, 0.2) is 54.7 Å². The summed E-state index contributed by atoms with van der Waals surface area (Å²) >= 11 is 0. The van der Waals surface area contributed by atoms with Gasteiger partial charge in [0, 0.05) is 24.7 Å². The number of fused-ring (bicyclic) bond motifs is 1. The Hall–Kier alpha value is -5.88. The Kier molecular flexibility index (Phi) is 14.6. The van der Waals surface area contributed by atoms with Crippen molar-refractivity contribution in [2.75, 3.05) is 36.2 Å². The number of nitrogens with two attached hydrogens (primary N) is 1. The minimum atomic E-state index is -1.61. The van der Waals surface area contributed by atoms with Crippen LogP contribution in [0.2, 0.25) is 0 Å². The number of nitrogens with one attached hydrogen (secondary N) is 2. The average molecular weight is 745 g/mol. The number of nitrogen functional groups attached to an aromatic ring is 1. The lowest BCUT2D eigenvalue weighted by Crippen LogP contribution is -2.42. The van der Waals surface area contributed by atoms with Gasteiger partial charge in [-0.15, -0.1) is 0 Å². The van der Waals surface area contributed by atoms with Crippen molar-refractivity contribution < 1.29 is 43.4 Å². The number of benzene rings is 2. The van der Waals surface area contributed by atoms with Crippen LogP contribution in [-0.2, 0) is 37.0 Å². The molecule has 0 aliphatic carbocycles. The van der Waals surface area contributed by atoms with Crippen LogP contribution >= 0.6 is 0 Å². The fourth-order valence-electron chi connectivity index (χ4n) is 4.83. The Morgan fingerprint density at radius 1 is 0.889 bits per heavy atom. The summed E-state index contributed by atoms with van der Waals surface area (Å²) in [6.07, 6.45) is 0.637. The Balaban J connectivity index is 1.39. The standard InChI is InChI=1S/C36H45BN8O9/c1-21(2)18-52-29(46)15-14-28(34(48)53-19-22(3)4)41-33(47)24-8-12-27(13-9-24)45(5)17-26-16-39-31-30(40-26)32(43-35(38)42-31)44-36(49)54-20-23-6-10-25(11-7-23)37(50)51/h6-13,16,21-22,28,50-51H,14-15,17-20H2,1-5H3,(H,41,47)(H3,38,39,42,43,44,49)/t28-/m0/s1. The first-order valence-corrected chi connectivity index (χ1v) is 17.3. The van der Waals surface area contributed by atoms with E-state index in [1.54, 1.807) is 36.4 Å². The van der Waals surface area contributed by atoms with Crippen LogP contribution in [0.4, 0.5) is 22.2 Å². The second-order valence-electron chi connectivity index (χ2n) is 13.3. The highest BCUT2D eigenvalue weighted by atomic mass is 16.5. The molecule has 2 aromatic heterocycles. The number of hydrogen-bond donors (Lipinski definition) is 5. The van der Waals surface area contributed by atoms with Gasteiger partial charge in [0.25, 0.3) is 5.91 Å². The van der Waals surface area contributed by atoms with Crippen LogP contribution in [0.1, 0.15) is 62.2 Å². The molecule has 1 atom stereocenters. The molecule has 0 spiro atoms. The van der Waals surface area contributed by atoms with Crippen LogP contribution in [0.25, 0.3) is 11.2 Å². The third-order valence-corrected chi connectivity index (χ3v) is 7.68. The SMILES string of the molecule is CC(C)COC(=O)CC[C@H](NC(=O)c1ccc(N(C)Cc2cnc3nc(N)nc(NC(=O)OCc4ccc(B(O)O)cc4)c3n2)cc1)C(=O)OCC(C)C. The predicted octanol–water partition coefficient (Wildman–Crippen LogP) is 2.34. The summed E-state index contributed by atoms with van der Waals surface area (Å²) in [7, 11) is 0.201. The molecular weight excluding hydrogens is 699 g/mol. The summed E-state index contributed by atoms with van der Waals surface area (Å²) in [6, 6.07) is 11.8. The molecule has 2 heterocycles. The number of esters is 2. The summed E-state index contributed by atoms with van der Waals surface area (Å²) < 4.78 is 15.9. The van der Waals surface area contributed by atoms with Gasteiger partial charge in [0.05, 0.1) is 31.6 Å². The van der Waals surface area contributed by atoms with Gasteiger partial charge >= 0.3 is 25.2 Å². The molecule has 0 bridgehead atoms. The van der Waals surface area contributed by atoms with Crippen LogP contribution in [0.5, 0.6) is 0 Å². The number of carbonyl (C=O) groups is 4. The smallest absolute Gasteiger partial charge is 0.465 e. The van der Waals surface area contributed by atoms with E-state index in [0.717, 1.165) is 5.69 Å². The largest absolute Gasteiger partial charge is 0.488 e. The van der Waals surface area contributed by atoms with Gasteiger partial charge in [-0.3, -0.25) is 14.9 Å². The van der Waals surface area contributed by atoms with Crippen molar-refractivity contribution in [1.29, 1.82) is 0 Å². The van der Waals surface area contributed by atoms with Gasteiger partial charge in [-0.05, 0) is 53.5 Å². The molecule has 0 saturated heterocycles. The van der Waals surface area contributed by atoms with E-state index < -0.39 is 37.1 Å².